The smallest absolute Gasteiger partial charge is 0.258 e. The first-order valence-electron chi connectivity index (χ1n) is 11.4. The number of hydrogen-bond acceptors (Lipinski definition) is 6. The van der Waals surface area contributed by atoms with E-state index in [1.807, 2.05) is 56.3 Å². The molecular formula is C26H30N4O4S. The van der Waals surface area contributed by atoms with Gasteiger partial charge in [0.1, 0.15) is 0 Å². The van der Waals surface area contributed by atoms with E-state index in [-0.39, 0.29) is 16.9 Å². The molecule has 1 amide bonds. The normalized spacial score (nSPS) is 13.3. The predicted octanol–water partition coefficient (Wildman–Crippen LogP) is 3.33. The summed E-state index contributed by atoms with van der Waals surface area (Å²) in [7, 11) is -3.92. The van der Waals surface area contributed by atoms with E-state index in [0.29, 0.717) is 6.42 Å². The van der Waals surface area contributed by atoms with Gasteiger partial charge in [-0.1, -0.05) is 44.2 Å². The average Bonchev–Trinajstić information content (AvgIpc) is 2.86. The van der Waals surface area contributed by atoms with Crippen molar-refractivity contribution in [1.82, 2.24) is 20.0 Å². The Morgan fingerprint density at radius 1 is 0.914 bits per heavy atom. The first-order chi connectivity index (χ1) is 16.7. The van der Waals surface area contributed by atoms with Crippen LogP contribution in [-0.2, 0) is 19.6 Å². The van der Waals surface area contributed by atoms with E-state index in [1.165, 1.54) is 12.3 Å². The number of hydrogen-bond donors (Lipinski definition) is 2. The highest BCUT2D eigenvalue weighted by molar-refractivity contribution is 7.89. The number of rotatable bonds is 11. The molecule has 184 valence electrons. The molecular weight excluding hydrogens is 464 g/mol. The minimum absolute atomic E-state index is 0.172. The molecule has 2 N–H and O–H groups in total. The lowest BCUT2D eigenvalue weighted by molar-refractivity contribution is -0.128. The number of ketones is 1. The van der Waals surface area contributed by atoms with Crippen LogP contribution < -0.4 is 10.0 Å². The molecule has 0 radical (unpaired) electrons. The van der Waals surface area contributed by atoms with Crippen LogP contribution in [0.4, 0.5) is 0 Å². The van der Waals surface area contributed by atoms with Gasteiger partial charge in [-0.3, -0.25) is 14.6 Å². The highest BCUT2D eigenvalue weighted by Crippen LogP contribution is 2.28. The first kappa shape index (κ1) is 26.2. The number of pyridine rings is 2. The molecule has 9 heteroatoms. The predicted molar refractivity (Wildman–Crippen MR) is 134 cm³/mol. The Morgan fingerprint density at radius 3 is 2.26 bits per heavy atom. The van der Waals surface area contributed by atoms with Crippen molar-refractivity contribution >= 4 is 21.7 Å². The van der Waals surface area contributed by atoms with Gasteiger partial charge in [-0.05, 0) is 55.2 Å². The molecule has 2 aromatic heterocycles. The molecule has 3 rings (SSSR count). The van der Waals surface area contributed by atoms with Gasteiger partial charge in [0.2, 0.25) is 5.91 Å². The van der Waals surface area contributed by atoms with E-state index < -0.39 is 34.3 Å². The first-order valence-corrected chi connectivity index (χ1v) is 12.9. The molecule has 0 aliphatic heterocycles. The fourth-order valence-corrected chi connectivity index (χ4v) is 4.55. The number of sulfonamides is 1. The van der Waals surface area contributed by atoms with E-state index in [1.54, 1.807) is 25.3 Å². The van der Waals surface area contributed by atoms with Crippen molar-refractivity contribution in [3.05, 3.63) is 78.6 Å². The van der Waals surface area contributed by atoms with Gasteiger partial charge in [0.25, 0.3) is 10.0 Å². The number of carbonyl (C=O) groups is 2. The lowest BCUT2D eigenvalue weighted by atomic mass is 9.88. The highest BCUT2D eigenvalue weighted by Gasteiger charge is 2.26. The Bertz CT molecular complexity index is 1250. The zero-order valence-electron chi connectivity index (χ0n) is 20.0. The Labute approximate surface area is 206 Å². The second-order valence-electron chi connectivity index (χ2n) is 8.71. The molecule has 0 fully saturated rings. The van der Waals surface area contributed by atoms with Gasteiger partial charge in [-0.25, -0.2) is 18.1 Å². The number of Topliss-reactive ketones (excluding diaryl/α,β-unsaturated/α-hetero) is 1. The Hall–Kier alpha value is -3.43. The maximum atomic E-state index is 13.2. The topological polar surface area (TPSA) is 118 Å². The zero-order chi connectivity index (χ0) is 25.4. The number of nitrogens with one attached hydrogen (secondary N) is 2. The second-order valence-corrected chi connectivity index (χ2v) is 10.4. The van der Waals surface area contributed by atoms with Crippen molar-refractivity contribution in [2.75, 3.05) is 6.54 Å². The van der Waals surface area contributed by atoms with Gasteiger partial charge in [0.05, 0.1) is 24.2 Å². The molecule has 8 nitrogen and oxygen atoms in total. The van der Waals surface area contributed by atoms with Crippen LogP contribution in [-0.4, -0.2) is 42.7 Å². The summed E-state index contributed by atoms with van der Waals surface area (Å²) in [6, 6.07) is 16.9. The van der Waals surface area contributed by atoms with Crippen LogP contribution in [0.25, 0.3) is 11.3 Å². The minimum atomic E-state index is -3.92. The summed E-state index contributed by atoms with van der Waals surface area (Å²) in [5.41, 5.74) is 2.54. The number of benzene rings is 1. The third-order valence-electron chi connectivity index (χ3n) is 5.46. The van der Waals surface area contributed by atoms with Crippen LogP contribution in [0.5, 0.6) is 0 Å². The maximum Gasteiger partial charge on any atom is 0.258 e. The summed E-state index contributed by atoms with van der Waals surface area (Å²) in [5.74, 6) is -0.978. The molecule has 1 aromatic carbocycles. The molecule has 1 unspecified atom stereocenters. The number of amides is 1. The maximum absolute atomic E-state index is 13.2. The summed E-state index contributed by atoms with van der Waals surface area (Å²) in [5, 5.41) is 2.59. The lowest BCUT2D eigenvalue weighted by Gasteiger charge is -2.22. The lowest BCUT2D eigenvalue weighted by Crippen LogP contribution is -2.45. The summed E-state index contributed by atoms with van der Waals surface area (Å²) >= 11 is 0. The molecule has 3 aromatic rings. The molecule has 0 bridgehead atoms. The van der Waals surface area contributed by atoms with E-state index in [9.17, 15) is 18.0 Å². The van der Waals surface area contributed by atoms with Gasteiger partial charge in [-0.2, -0.15) is 0 Å². The SMILES string of the molecule is CC(C)CC(C(=O)N[C@@H](C)C(=O)CNS(=O)(=O)c1ccccn1)c1cccc(-c2ccccn2)c1. The number of aromatic nitrogens is 2. The van der Waals surface area contributed by atoms with Gasteiger partial charge in [-0.15, -0.1) is 0 Å². The quantitative estimate of drug-likeness (QED) is 0.422. The Morgan fingerprint density at radius 2 is 1.63 bits per heavy atom. The van der Waals surface area contributed by atoms with Crippen LogP contribution in [0, 0.1) is 5.92 Å². The molecule has 35 heavy (non-hydrogen) atoms. The molecule has 0 saturated heterocycles. The minimum Gasteiger partial charge on any atom is -0.346 e. The van der Waals surface area contributed by atoms with E-state index in [4.69, 9.17) is 0 Å². The van der Waals surface area contributed by atoms with Gasteiger partial charge in [0.15, 0.2) is 10.8 Å². The Kier molecular flexibility index (Phi) is 8.84. The second kappa shape index (κ2) is 11.8. The van der Waals surface area contributed by atoms with Gasteiger partial charge >= 0.3 is 0 Å². The van der Waals surface area contributed by atoms with Crippen LogP contribution in [0.15, 0.2) is 78.1 Å². The summed E-state index contributed by atoms with van der Waals surface area (Å²) < 4.78 is 26.9. The highest BCUT2D eigenvalue weighted by atomic mass is 32.2. The van der Waals surface area contributed by atoms with Crippen molar-refractivity contribution < 1.29 is 18.0 Å². The van der Waals surface area contributed by atoms with Gasteiger partial charge < -0.3 is 5.32 Å². The van der Waals surface area contributed by atoms with Gasteiger partial charge in [0, 0.05) is 18.0 Å². The summed E-state index contributed by atoms with van der Waals surface area (Å²) in [4.78, 5) is 34.0. The largest absolute Gasteiger partial charge is 0.346 e. The molecule has 2 atom stereocenters. The molecule has 0 aliphatic rings. The van der Waals surface area contributed by atoms with Crippen molar-refractivity contribution in [2.24, 2.45) is 5.92 Å². The fourth-order valence-electron chi connectivity index (χ4n) is 3.61. The summed E-state index contributed by atoms with van der Waals surface area (Å²) in [6.07, 6.45) is 3.66. The summed E-state index contributed by atoms with van der Waals surface area (Å²) in [6.45, 7) is 5.16. The van der Waals surface area contributed by atoms with Crippen LogP contribution in [0.2, 0.25) is 0 Å². The Balaban J connectivity index is 1.70. The monoisotopic (exact) mass is 494 g/mol. The van der Waals surface area contributed by atoms with E-state index in [2.05, 4.69) is 20.0 Å². The fraction of sp³-hybridized carbons (Fsp3) is 0.308. The molecule has 0 saturated carbocycles. The van der Waals surface area contributed by atoms with Crippen LogP contribution in [0.1, 0.15) is 38.7 Å². The van der Waals surface area contributed by atoms with Crippen molar-refractivity contribution in [1.29, 1.82) is 0 Å². The van der Waals surface area contributed by atoms with E-state index >= 15 is 0 Å². The van der Waals surface area contributed by atoms with Crippen molar-refractivity contribution in [3.63, 3.8) is 0 Å². The van der Waals surface area contributed by atoms with Crippen LogP contribution >= 0.6 is 0 Å². The third-order valence-corrected chi connectivity index (χ3v) is 6.78. The van der Waals surface area contributed by atoms with E-state index in [0.717, 1.165) is 16.8 Å². The molecule has 2 heterocycles. The standard InChI is InChI=1S/C26H30N4O4S/c1-18(2)15-22(20-9-8-10-21(16-20)23-11-4-6-13-27-23)26(32)30-19(3)24(31)17-29-35(33,34)25-12-5-7-14-28-25/h4-14,16,18-19,22,29H,15,17H2,1-3H3,(H,30,32)/t19-,22?/m0/s1. The zero-order valence-corrected chi connectivity index (χ0v) is 20.8. The third kappa shape index (κ3) is 7.27. The molecule has 0 aliphatic carbocycles. The van der Waals surface area contributed by atoms with Crippen molar-refractivity contribution in [2.45, 2.75) is 44.2 Å². The average molecular weight is 495 g/mol. The number of nitrogens with zero attached hydrogens (tertiary/aromatic N) is 2. The number of carbonyl (C=O) groups excluding carboxylic acids is 2. The van der Waals surface area contributed by atoms with Crippen LogP contribution in [0.3, 0.4) is 0 Å². The molecule has 0 spiro atoms. The van der Waals surface area contributed by atoms with Crippen molar-refractivity contribution in [3.8, 4) is 11.3 Å².